The van der Waals surface area contributed by atoms with Crippen molar-refractivity contribution in [2.24, 2.45) is 9.98 Å². The van der Waals surface area contributed by atoms with Gasteiger partial charge in [0.25, 0.3) is 12.5 Å². The number of ether oxygens (including phenoxy) is 8. The van der Waals surface area contributed by atoms with Gasteiger partial charge in [-0.3, -0.25) is 20.2 Å². The second-order valence-electron chi connectivity index (χ2n) is 13.2. The molecule has 0 aliphatic carbocycles. The molecule has 4 N–H and O–H groups in total. The summed E-state index contributed by atoms with van der Waals surface area (Å²) < 4.78 is 40.9. The molecule has 2 amide bonds. The van der Waals surface area contributed by atoms with E-state index in [-0.39, 0.29) is 65.9 Å². The standard InChI is InChI=1S/C39H60N8O16/c1-5-58-35(52)29(45-25-48)14-10-9-13-17-56-28-47-39(18-33(50)43-20-31(62-23-40)37(54)60-7-3,19-34(51)44-21-32(63-24-41)38(55)61-8-4)22-57-27-42-16-12-11-15-30(46-26-49)36(53)59-6-2/h29-32,42,47H,5-22,27-28H2,1-4H3,(H,43,50)(H,44,51). The Kier molecular flexibility index (Phi) is 33.1. The van der Waals surface area contributed by atoms with Gasteiger partial charge in [0.05, 0.1) is 65.1 Å². The van der Waals surface area contributed by atoms with E-state index in [0.717, 1.165) is 0 Å². The Hall–Kier alpha value is -6.00. The van der Waals surface area contributed by atoms with Gasteiger partial charge >= 0.3 is 23.9 Å². The summed E-state index contributed by atoms with van der Waals surface area (Å²) in [5.41, 5.74) is -1.56. The van der Waals surface area contributed by atoms with Gasteiger partial charge in [-0.2, -0.15) is 20.5 Å². The Balaban J connectivity index is 6.10. The molecule has 24 nitrogen and oxygen atoms in total. The molecule has 0 fully saturated rings. The number of nitriles is 2. The van der Waals surface area contributed by atoms with Gasteiger partial charge in [0, 0.05) is 19.4 Å². The molecular weight excluding hydrogens is 836 g/mol. The van der Waals surface area contributed by atoms with Crippen molar-refractivity contribution in [3.63, 3.8) is 0 Å². The highest BCUT2D eigenvalue weighted by Gasteiger charge is 2.37. The number of isocyanates is 2. The van der Waals surface area contributed by atoms with E-state index in [0.29, 0.717) is 38.6 Å². The summed E-state index contributed by atoms with van der Waals surface area (Å²) in [6.07, 6.45) is 4.71. The van der Waals surface area contributed by atoms with Gasteiger partial charge in [0.1, 0.15) is 0 Å². The van der Waals surface area contributed by atoms with E-state index >= 15 is 0 Å². The van der Waals surface area contributed by atoms with Crippen LogP contribution in [0, 0.1) is 23.0 Å². The topological polar surface area (TPSA) is 331 Å². The Morgan fingerprint density at radius 2 is 1.06 bits per heavy atom. The number of aliphatic imine (C=N–C) groups is 2. The summed E-state index contributed by atoms with van der Waals surface area (Å²) in [4.78, 5) is 104. The van der Waals surface area contributed by atoms with Crippen molar-refractivity contribution in [1.82, 2.24) is 21.3 Å². The monoisotopic (exact) mass is 896 g/mol. The van der Waals surface area contributed by atoms with Crippen LogP contribution < -0.4 is 21.3 Å². The van der Waals surface area contributed by atoms with Crippen molar-refractivity contribution in [2.45, 2.75) is 115 Å². The molecule has 0 aromatic heterocycles. The van der Waals surface area contributed by atoms with Crippen molar-refractivity contribution < 1.29 is 76.3 Å². The molecule has 0 bridgehead atoms. The molecule has 0 heterocycles. The summed E-state index contributed by atoms with van der Waals surface area (Å²) in [5, 5.41) is 29.2. The number of carbonyl (C=O) groups is 6. The van der Waals surface area contributed by atoms with Gasteiger partial charge in [-0.15, -0.1) is 0 Å². The fraction of sp³-hybridized carbons (Fsp3) is 0.744. The van der Waals surface area contributed by atoms with E-state index in [4.69, 9.17) is 48.4 Å². The average Bonchev–Trinajstić information content (AvgIpc) is 3.25. The lowest BCUT2D eigenvalue weighted by Crippen LogP contribution is -2.56. The van der Waals surface area contributed by atoms with Gasteiger partial charge in [0.2, 0.25) is 36.2 Å². The number of carbonyl (C=O) groups excluding carboxylic acids is 8. The zero-order valence-electron chi connectivity index (χ0n) is 36.3. The molecular formula is C39H60N8O16. The summed E-state index contributed by atoms with van der Waals surface area (Å²) in [7, 11) is 0. The normalized spacial score (nSPS) is 13.2. The van der Waals surface area contributed by atoms with Crippen molar-refractivity contribution in [2.75, 3.05) is 72.7 Å². The molecule has 24 heteroatoms. The Bertz CT molecular complexity index is 1460. The second-order valence-corrected chi connectivity index (χ2v) is 13.2. The first kappa shape index (κ1) is 57.0. The van der Waals surface area contributed by atoms with E-state index in [1.54, 1.807) is 27.7 Å². The van der Waals surface area contributed by atoms with E-state index in [9.17, 15) is 38.4 Å². The molecule has 0 saturated carbocycles. The van der Waals surface area contributed by atoms with Crippen LogP contribution in [0.5, 0.6) is 0 Å². The number of hydrogen-bond acceptors (Lipinski definition) is 22. The van der Waals surface area contributed by atoms with Gasteiger partial charge < -0.3 is 48.5 Å². The van der Waals surface area contributed by atoms with E-state index in [2.05, 4.69) is 31.3 Å². The molecule has 4 unspecified atom stereocenters. The van der Waals surface area contributed by atoms with Gasteiger partial charge in [-0.05, 0) is 66.3 Å². The number of hydrogen-bond donors (Lipinski definition) is 4. The first-order valence-electron chi connectivity index (χ1n) is 20.5. The van der Waals surface area contributed by atoms with Gasteiger partial charge in [0.15, 0.2) is 12.1 Å². The third-order valence-corrected chi connectivity index (χ3v) is 8.47. The van der Waals surface area contributed by atoms with E-state index in [1.807, 2.05) is 0 Å². The second kappa shape index (κ2) is 36.6. The minimum absolute atomic E-state index is 0.0202. The highest BCUT2D eigenvalue weighted by atomic mass is 16.6. The van der Waals surface area contributed by atoms with Crippen molar-refractivity contribution >= 4 is 47.9 Å². The minimum Gasteiger partial charge on any atom is -0.464 e. The lowest BCUT2D eigenvalue weighted by atomic mass is 9.91. The molecule has 0 radical (unpaired) electrons. The molecule has 63 heavy (non-hydrogen) atoms. The summed E-state index contributed by atoms with van der Waals surface area (Å²) >= 11 is 0. The predicted molar refractivity (Wildman–Crippen MR) is 214 cm³/mol. The third-order valence-electron chi connectivity index (χ3n) is 8.47. The first-order valence-corrected chi connectivity index (χ1v) is 20.5. The fourth-order valence-electron chi connectivity index (χ4n) is 5.48. The lowest BCUT2D eigenvalue weighted by Gasteiger charge is -2.34. The SMILES string of the molecule is CCOC(=O)C(CCCCCOCNC(COCNCCCCC(N=C=O)C(=O)OCC)(CC(=O)NCC(OC#N)C(=O)OCC)CC(=O)NCC(OC#N)C(=O)OCC)N=C=O. The van der Waals surface area contributed by atoms with Gasteiger partial charge in [-0.25, -0.2) is 28.8 Å². The largest absolute Gasteiger partial charge is 0.464 e. The van der Waals surface area contributed by atoms with Crippen LogP contribution in [0.15, 0.2) is 9.98 Å². The fourth-order valence-corrected chi connectivity index (χ4v) is 5.48. The maximum atomic E-state index is 13.5. The van der Waals surface area contributed by atoms with Crippen LogP contribution >= 0.6 is 0 Å². The molecule has 0 aromatic carbocycles. The van der Waals surface area contributed by atoms with Crippen LogP contribution in [0.4, 0.5) is 0 Å². The molecule has 0 rings (SSSR count). The highest BCUT2D eigenvalue weighted by Crippen LogP contribution is 2.18. The Morgan fingerprint density at radius 3 is 1.51 bits per heavy atom. The molecule has 0 aliphatic rings. The Morgan fingerprint density at radius 1 is 0.603 bits per heavy atom. The van der Waals surface area contributed by atoms with Crippen LogP contribution in [-0.2, 0) is 76.3 Å². The molecule has 0 spiro atoms. The number of amides is 2. The number of nitrogens with one attached hydrogen (secondary N) is 4. The van der Waals surface area contributed by atoms with Crippen LogP contribution in [0.25, 0.3) is 0 Å². The van der Waals surface area contributed by atoms with Crippen LogP contribution in [-0.4, -0.2) is 150 Å². The van der Waals surface area contributed by atoms with Crippen LogP contribution in [0.3, 0.4) is 0 Å². The van der Waals surface area contributed by atoms with Crippen molar-refractivity contribution in [3.8, 4) is 12.5 Å². The maximum Gasteiger partial charge on any atom is 0.350 e. The lowest BCUT2D eigenvalue weighted by molar-refractivity contribution is -0.153. The van der Waals surface area contributed by atoms with Gasteiger partial charge in [-0.1, -0.05) is 12.8 Å². The maximum absolute atomic E-state index is 13.5. The predicted octanol–water partition coefficient (Wildman–Crippen LogP) is -0.0103. The third kappa shape index (κ3) is 26.8. The number of nitrogens with zero attached hydrogens (tertiary/aromatic N) is 4. The molecule has 0 saturated heterocycles. The molecule has 4 atom stereocenters. The number of esters is 4. The molecule has 0 aromatic rings. The zero-order chi connectivity index (χ0) is 47.1. The zero-order valence-corrected chi connectivity index (χ0v) is 36.3. The van der Waals surface area contributed by atoms with E-state index in [1.165, 1.54) is 24.7 Å². The summed E-state index contributed by atoms with van der Waals surface area (Å²) in [6, 6.07) is -1.95. The molecule has 352 valence electrons. The average molecular weight is 897 g/mol. The van der Waals surface area contributed by atoms with Crippen molar-refractivity contribution in [3.05, 3.63) is 0 Å². The number of rotatable bonds is 38. The Labute approximate surface area is 366 Å². The molecule has 0 aliphatic heterocycles. The summed E-state index contributed by atoms with van der Waals surface area (Å²) in [5.74, 6) is -4.50. The van der Waals surface area contributed by atoms with Crippen LogP contribution in [0.2, 0.25) is 0 Å². The van der Waals surface area contributed by atoms with Crippen LogP contribution in [0.1, 0.15) is 85.5 Å². The van der Waals surface area contributed by atoms with E-state index < -0.39 is 91.5 Å². The first-order chi connectivity index (χ1) is 30.4. The highest BCUT2D eigenvalue weighted by molar-refractivity contribution is 5.83. The quantitative estimate of drug-likeness (QED) is 0.0120. The number of unbranched alkanes of at least 4 members (excludes halogenated alkanes) is 3. The minimum atomic E-state index is -1.56. The van der Waals surface area contributed by atoms with Crippen molar-refractivity contribution in [1.29, 1.82) is 10.5 Å². The summed E-state index contributed by atoms with van der Waals surface area (Å²) in [6.45, 7) is 5.56. The smallest absolute Gasteiger partial charge is 0.350 e.